The topological polar surface area (TPSA) is 21.3 Å². The van der Waals surface area contributed by atoms with E-state index in [-0.39, 0.29) is 0 Å². The van der Waals surface area contributed by atoms with Crippen LogP contribution in [0.15, 0.2) is 24.3 Å². The minimum Gasteiger partial charge on any atom is -0.384 e. The van der Waals surface area contributed by atoms with Crippen molar-refractivity contribution >= 4 is 0 Å². The Morgan fingerprint density at radius 2 is 2.12 bits per heavy atom. The summed E-state index contributed by atoms with van der Waals surface area (Å²) < 4.78 is 5.21. The molecule has 0 bridgehead atoms. The summed E-state index contributed by atoms with van der Waals surface area (Å²) in [4.78, 5) is 0. The Hall–Kier alpha value is -0.860. The van der Waals surface area contributed by atoms with Crippen LogP contribution in [0.4, 0.5) is 0 Å². The van der Waals surface area contributed by atoms with Gasteiger partial charge in [-0.2, -0.15) is 0 Å². The summed E-state index contributed by atoms with van der Waals surface area (Å²) in [6.45, 7) is 4.15. The molecule has 1 fully saturated rings. The van der Waals surface area contributed by atoms with E-state index in [1.807, 2.05) is 0 Å². The Kier molecular flexibility index (Phi) is 3.97. The number of hydrogen-bond donors (Lipinski definition) is 1. The predicted octanol–water partition coefficient (Wildman–Crippen LogP) is 2.68. The van der Waals surface area contributed by atoms with Crippen LogP contribution >= 0.6 is 0 Å². The van der Waals surface area contributed by atoms with E-state index in [9.17, 15) is 0 Å². The van der Waals surface area contributed by atoms with Gasteiger partial charge in [-0.25, -0.2) is 0 Å². The molecule has 2 nitrogen and oxygen atoms in total. The van der Waals surface area contributed by atoms with Gasteiger partial charge in [0.05, 0.1) is 6.61 Å². The summed E-state index contributed by atoms with van der Waals surface area (Å²) in [5.41, 5.74) is 2.85. The van der Waals surface area contributed by atoms with Gasteiger partial charge in [-0.05, 0) is 36.8 Å². The summed E-state index contributed by atoms with van der Waals surface area (Å²) in [6, 6.07) is 9.21. The zero-order valence-corrected chi connectivity index (χ0v) is 10.2. The molecule has 2 unspecified atom stereocenters. The third-order valence-electron chi connectivity index (χ3n) is 3.48. The zero-order valence-electron chi connectivity index (χ0n) is 10.2. The van der Waals surface area contributed by atoms with Gasteiger partial charge in [0.25, 0.3) is 0 Å². The minimum absolute atomic E-state index is 0.536. The molecular weight excluding hydrogens is 198 g/mol. The summed E-state index contributed by atoms with van der Waals surface area (Å²) >= 11 is 0. The lowest BCUT2D eigenvalue weighted by Gasteiger charge is -2.30. The third-order valence-corrected chi connectivity index (χ3v) is 3.48. The van der Waals surface area contributed by atoms with Crippen molar-refractivity contribution in [3.05, 3.63) is 35.4 Å². The summed E-state index contributed by atoms with van der Waals surface area (Å²) in [6.07, 6.45) is 2.48. The van der Waals surface area contributed by atoms with Crippen molar-refractivity contribution in [2.75, 3.05) is 20.3 Å². The molecule has 0 saturated carbocycles. The Labute approximate surface area is 98.0 Å². The van der Waals surface area contributed by atoms with Crippen LogP contribution in [-0.4, -0.2) is 20.3 Å². The maximum Gasteiger partial charge on any atom is 0.0502 e. The molecular formula is C14H21NO. The van der Waals surface area contributed by atoms with E-state index in [2.05, 4.69) is 36.5 Å². The van der Waals surface area contributed by atoms with Crippen molar-refractivity contribution in [2.24, 2.45) is 5.92 Å². The molecule has 1 aliphatic heterocycles. The van der Waals surface area contributed by atoms with Crippen molar-refractivity contribution in [1.29, 1.82) is 0 Å². The highest BCUT2D eigenvalue weighted by Crippen LogP contribution is 2.27. The number of benzene rings is 1. The summed E-state index contributed by atoms with van der Waals surface area (Å²) in [5, 5.41) is 3.63. The number of hydrogen-bond acceptors (Lipinski definition) is 2. The number of ether oxygens (including phenoxy) is 1. The first-order valence-electron chi connectivity index (χ1n) is 6.09. The fourth-order valence-corrected chi connectivity index (χ4v) is 2.54. The average Bonchev–Trinajstić information content (AvgIpc) is 2.31. The fourth-order valence-electron chi connectivity index (χ4n) is 2.54. The zero-order chi connectivity index (χ0) is 11.4. The van der Waals surface area contributed by atoms with Gasteiger partial charge in [0, 0.05) is 19.7 Å². The quantitative estimate of drug-likeness (QED) is 0.844. The first-order chi connectivity index (χ1) is 7.81. The van der Waals surface area contributed by atoms with Crippen molar-refractivity contribution in [2.45, 2.75) is 25.8 Å². The monoisotopic (exact) mass is 219 g/mol. The molecule has 1 aromatic carbocycles. The number of nitrogens with one attached hydrogen (secondary N) is 1. The van der Waals surface area contributed by atoms with E-state index in [0.717, 1.165) is 13.2 Å². The molecule has 1 saturated heterocycles. The Bertz CT molecular complexity index is 329. The van der Waals surface area contributed by atoms with Crippen LogP contribution in [0, 0.1) is 12.8 Å². The van der Waals surface area contributed by atoms with E-state index in [1.54, 1.807) is 7.11 Å². The molecule has 16 heavy (non-hydrogen) atoms. The van der Waals surface area contributed by atoms with Crippen LogP contribution in [0.1, 0.15) is 30.0 Å². The number of methoxy groups -OCH3 is 1. The smallest absolute Gasteiger partial charge is 0.0502 e. The van der Waals surface area contributed by atoms with Gasteiger partial charge in [-0.3, -0.25) is 0 Å². The molecule has 1 aromatic rings. The van der Waals surface area contributed by atoms with Crippen LogP contribution < -0.4 is 5.32 Å². The van der Waals surface area contributed by atoms with Crippen molar-refractivity contribution in [3.63, 3.8) is 0 Å². The molecule has 0 amide bonds. The van der Waals surface area contributed by atoms with Gasteiger partial charge in [-0.15, -0.1) is 0 Å². The maximum absolute atomic E-state index is 5.21. The Balaban J connectivity index is 1.96. The largest absolute Gasteiger partial charge is 0.384 e. The highest BCUT2D eigenvalue weighted by atomic mass is 16.5. The van der Waals surface area contributed by atoms with Crippen LogP contribution in [0.3, 0.4) is 0 Å². The lowest BCUT2D eigenvalue weighted by molar-refractivity contribution is 0.129. The molecule has 2 heteroatoms. The van der Waals surface area contributed by atoms with Crippen LogP contribution in [0.5, 0.6) is 0 Å². The number of rotatable bonds is 3. The summed E-state index contributed by atoms with van der Waals surface area (Å²) in [5.74, 6) is 0.685. The first-order valence-corrected chi connectivity index (χ1v) is 6.09. The molecule has 0 radical (unpaired) electrons. The Morgan fingerprint density at radius 1 is 1.31 bits per heavy atom. The fraction of sp³-hybridized carbons (Fsp3) is 0.571. The van der Waals surface area contributed by atoms with Crippen LogP contribution in [0.25, 0.3) is 0 Å². The van der Waals surface area contributed by atoms with Crippen LogP contribution in [-0.2, 0) is 4.74 Å². The third kappa shape index (κ3) is 2.63. The van der Waals surface area contributed by atoms with E-state index >= 15 is 0 Å². The highest BCUT2D eigenvalue weighted by molar-refractivity contribution is 5.28. The lowest BCUT2D eigenvalue weighted by atomic mass is 9.89. The maximum atomic E-state index is 5.21. The Morgan fingerprint density at radius 3 is 2.75 bits per heavy atom. The van der Waals surface area contributed by atoms with E-state index < -0.39 is 0 Å². The second-order valence-electron chi connectivity index (χ2n) is 4.72. The van der Waals surface area contributed by atoms with Crippen LogP contribution in [0.2, 0.25) is 0 Å². The van der Waals surface area contributed by atoms with Gasteiger partial charge >= 0.3 is 0 Å². The van der Waals surface area contributed by atoms with E-state index in [0.29, 0.717) is 12.0 Å². The van der Waals surface area contributed by atoms with Crippen molar-refractivity contribution < 1.29 is 4.74 Å². The van der Waals surface area contributed by atoms with Crippen molar-refractivity contribution in [3.8, 4) is 0 Å². The molecule has 1 N–H and O–H groups in total. The lowest BCUT2D eigenvalue weighted by Crippen LogP contribution is -2.35. The van der Waals surface area contributed by atoms with E-state index in [4.69, 9.17) is 4.74 Å². The van der Waals surface area contributed by atoms with Gasteiger partial charge in [0.15, 0.2) is 0 Å². The summed E-state index contributed by atoms with van der Waals surface area (Å²) in [7, 11) is 1.79. The highest BCUT2D eigenvalue weighted by Gasteiger charge is 2.22. The second kappa shape index (κ2) is 5.46. The molecule has 0 aromatic heterocycles. The second-order valence-corrected chi connectivity index (χ2v) is 4.72. The standard InChI is InChI=1S/C14H21NO/c1-11-5-3-4-6-13(11)14-8-7-12(9-15-14)10-16-2/h3-6,12,14-15H,7-10H2,1-2H3. The predicted molar refractivity (Wildman–Crippen MR) is 66.5 cm³/mol. The SMILES string of the molecule is COCC1CCC(c2ccccc2C)NC1. The molecule has 1 aliphatic rings. The molecule has 2 rings (SSSR count). The normalized spacial score (nSPS) is 25.6. The van der Waals surface area contributed by atoms with Gasteiger partial charge in [-0.1, -0.05) is 24.3 Å². The molecule has 88 valence electrons. The van der Waals surface area contributed by atoms with Gasteiger partial charge < -0.3 is 10.1 Å². The minimum atomic E-state index is 0.536. The number of aryl methyl sites for hydroxylation is 1. The van der Waals surface area contributed by atoms with Gasteiger partial charge in [0.1, 0.15) is 0 Å². The van der Waals surface area contributed by atoms with Gasteiger partial charge in [0.2, 0.25) is 0 Å². The van der Waals surface area contributed by atoms with E-state index in [1.165, 1.54) is 24.0 Å². The molecule has 1 heterocycles. The number of piperidine rings is 1. The first kappa shape index (κ1) is 11.6. The molecule has 2 atom stereocenters. The average molecular weight is 219 g/mol. The molecule has 0 aliphatic carbocycles. The van der Waals surface area contributed by atoms with Crippen molar-refractivity contribution in [1.82, 2.24) is 5.32 Å². The molecule has 0 spiro atoms.